The van der Waals surface area contributed by atoms with Crippen molar-refractivity contribution in [3.05, 3.63) is 72.8 Å². The van der Waals surface area contributed by atoms with Crippen LogP contribution in [0.15, 0.2) is 72.8 Å². The Hall–Kier alpha value is -3.74. The maximum absolute atomic E-state index is 4.76. The van der Waals surface area contributed by atoms with Crippen molar-refractivity contribution in [2.75, 3.05) is 37.0 Å². The fourth-order valence-electron chi connectivity index (χ4n) is 6.28. The van der Waals surface area contributed by atoms with Crippen LogP contribution in [-0.2, 0) is 0 Å². The molecule has 248 valence electrons. The molecule has 0 N–H and O–H groups in total. The summed E-state index contributed by atoms with van der Waals surface area (Å²) in [5, 5.41) is 9.52. The summed E-state index contributed by atoms with van der Waals surface area (Å²) in [6.45, 7) is 11.1. The molecule has 0 saturated carbocycles. The molecular formula is C38H36N6S5. The minimum atomic E-state index is 0.628. The zero-order valence-electron chi connectivity index (χ0n) is 28.2. The van der Waals surface area contributed by atoms with Gasteiger partial charge in [-0.2, -0.15) is 8.75 Å². The predicted octanol–water partition coefficient (Wildman–Crippen LogP) is 11.9. The van der Waals surface area contributed by atoms with Crippen molar-refractivity contribution in [3.8, 4) is 42.0 Å². The molecule has 0 bridgehead atoms. The van der Waals surface area contributed by atoms with E-state index in [1.54, 1.807) is 22.7 Å². The first-order chi connectivity index (χ1) is 23.7. The maximum atomic E-state index is 4.76. The van der Waals surface area contributed by atoms with E-state index in [1.807, 2.05) is 22.7 Å². The van der Waals surface area contributed by atoms with Crippen molar-refractivity contribution in [3.63, 3.8) is 0 Å². The van der Waals surface area contributed by atoms with Gasteiger partial charge in [-0.15, -0.1) is 55.5 Å². The molecule has 0 fully saturated rings. The number of hydrogen-bond donors (Lipinski definition) is 0. The zero-order chi connectivity index (χ0) is 33.8. The highest BCUT2D eigenvalue weighted by molar-refractivity contribution is 7.31. The van der Waals surface area contributed by atoms with Crippen molar-refractivity contribution in [1.29, 1.82) is 0 Å². The first-order valence-corrected chi connectivity index (χ1v) is 20.4. The second-order valence-electron chi connectivity index (χ2n) is 13.4. The van der Waals surface area contributed by atoms with Crippen LogP contribution in [0.4, 0.5) is 11.4 Å². The standard InChI is InChI=1S/C38H36N6S5/c1-21(2)19-43(5)25-11-7-23(8-12-25)27-15-29-31(45-27)17-33(47-29)35-37-38(42-49-41-37)36(40-39-35)34-18-32-30(48-34)16-28(46-32)24-9-13-26(14-10-24)44(6)20-22(3)4/h7-18,21-22H,19-20H2,1-6H3. The normalized spacial score (nSPS) is 12.0. The number of fused-ring (bicyclic) bond motifs is 3. The Labute approximate surface area is 306 Å². The monoisotopic (exact) mass is 736 g/mol. The lowest BCUT2D eigenvalue weighted by atomic mass is 10.1. The van der Waals surface area contributed by atoms with Crippen molar-refractivity contribution >= 4 is 98.3 Å². The number of nitrogens with zero attached hydrogens (tertiary/aromatic N) is 6. The zero-order valence-corrected chi connectivity index (χ0v) is 32.3. The average molecular weight is 737 g/mol. The maximum Gasteiger partial charge on any atom is 0.136 e. The van der Waals surface area contributed by atoms with Crippen molar-refractivity contribution < 1.29 is 0 Å². The highest BCUT2D eigenvalue weighted by atomic mass is 32.1. The Bertz CT molecular complexity index is 2160. The van der Waals surface area contributed by atoms with E-state index in [0.717, 1.165) is 45.3 Å². The van der Waals surface area contributed by atoms with Gasteiger partial charge in [0.15, 0.2) is 0 Å². The van der Waals surface area contributed by atoms with E-state index in [4.69, 9.17) is 18.9 Å². The summed E-state index contributed by atoms with van der Waals surface area (Å²) in [5.74, 6) is 1.26. The highest BCUT2D eigenvalue weighted by Crippen LogP contribution is 2.45. The third kappa shape index (κ3) is 6.39. The summed E-state index contributed by atoms with van der Waals surface area (Å²) in [4.78, 5) is 9.35. The van der Waals surface area contributed by atoms with E-state index in [0.29, 0.717) is 11.8 Å². The molecule has 0 radical (unpaired) electrons. The average Bonchev–Trinajstić information content (AvgIpc) is 3.90. The lowest BCUT2D eigenvalue weighted by Crippen LogP contribution is -2.22. The smallest absolute Gasteiger partial charge is 0.136 e. The van der Waals surface area contributed by atoms with Gasteiger partial charge >= 0.3 is 0 Å². The number of anilines is 2. The van der Waals surface area contributed by atoms with Crippen molar-refractivity contribution in [1.82, 2.24) is 18.9 Å². The van der Waals surface area contributed by atoms with Crippen LogP contribution in [0.3, 0.4) is 0 Å². The number of benzene rings is 2. The van der Waals surface area contributed by atoms with Crippen LogP contribution < -0.4 is 9.80 Å². The minimum Gasteiger partial charge on any atom is -0.374 e. The topological polar surface area (TPSA) is 58.0 Å². The predicted molar refractivity (Wildman–Crippen MR) is 217 cm³/mol. The SMILES string of the molecule is CC(C)CN(C)c1ccc(-c2cc3sc(-c4nnc(-c5cc6sc(-c7ccc(N(C)CC(C)C)cc7)cc6s5)c5nsnc45)cc3s2)cc1. The molecule has 0 aliphatic heterocycles. The first kappa shape index (κ1) is 32.5. The van der Waals surface area contributed by atoms with E-state index in [-0.39, 0.29) is 0 Å². The largest absolute Gasteiger partial charge is 0.374 e. The summed E-state index contributed by atoms with van der Waals surface area (Å²) >= 11 is 8.37. The van der Waals surface area contributed by atoms with Crippen LogP contribution in [0.5, 0.6) is 0 Å². The van der Waals surface area contributed by atoms with Crippen molar-refractivity contribution in [2.24, 2.45) is 11.8 Å². The van der Waals surface area contributed by atoms with Gasteiger partial charge in [-0.05, 0) is 71.5 Å². The fourth-order valence-corrected chi connectivity index (χ4v) is 11.6. The van der Waals surface area contributed by atoms with Gasteiger partial charge in [-0.3, -0.25) is 0 Å². The molecule has 0 saturated heterocycles. The van der Waals surface area contributed by atoms with Gasteiger partial charge in [0.1, 0.15) is 22.4 Å². The molecular weight excluding hydrogens is 701 g/mol. The molecule has 6 heterocycles. The number of thiophene rings is 4. The Morgan fingerprint density at radius 2 is 0.857 bits per heavy atom. The first-order valence-electron chi connectivity index (χ1n) is 16.4. The van der Waals surface area contributed by atoms with E-state index in [2.05, 4.69) is 124 Å². The molecule has 49 heavy (non-hydrogen) atoms. The fraction of sp³-hybridized carbons (Fsp3) is 0.263. The lowest BCUT2D eigenvalue weighted by Gasteiger charge is -2.21. The summed E-state index contributed by atoms with van der Waals surface area (Å²) in [6.07, 6.45) is 0. The molecule has 8 rings (SSSR count). The molecule has 0 atom stereocenters. The van der Waals surface area contributed by atoms with Gasteiger partial charge < -0.3 is 9.80 Å². The molecule has 0 unspecified atom stereocenters. The third-order valence-electron chi connectivity index (χ3n) is 8.53. The summed E-state index contributed by atoms with van der Waals surface area (Å²) in [6, 6.07) is 26.9. The van der Waals surface area contributed by atoms with Gasteiger partial charge in [0.05, 0.1) is 21.5 Å². The highest BCUT2D eigenvalue weighted by Gasteiger charge is 2.21. The quantitative estimate of drug-likeness (QED) is 0.139. The molecule has 0 aliphatic carbocycles. The van der Waals surface area contributed by atoms with Crippen molar-refractivity contribution in [2.45, 2.75) is 27.7 Å². The summed E-state index contributed by atoms with van der Waals surface area (Å²) < 4.78 is 14.4. The molecule has 0 aliphatic rings. The third-order valence-corrected chi connectivity index (χ3v) is 13.8. The van der Waals surface area contributed by atoms with E-state index in [9.17, 15) is 0 Å². The van der Waals surface area contributed by atoms with Gasteiger partial charge in [0.25, 0.3) is 0 Å². The van der Waals surface area contributed by atoms with Crippen LogP contribution in [0.1, 0.15) is 27.7 Å². The second kappa shape index (κ2) is 13.2. The molecule has 2 aromatic carbocycles. The van der Waals surface area contributed by atoms with E-state index >= 15 is 0 Å². The molecule has 8 aromatic rings. The van der Waals surface area contributed by atoms with Crippen LogP contribution in [0.2, 0.25) is 0 Å². The molecule has 0 amide bonds. The molecule has 6 aromatic heterocycles. The van der Waals surface area contributed by atoms with Crippen LogP contribution in [0, 0.1) is 11.8 Å². The lowest BCUT2D eigenvalue weighted by molar-refractivity contribution is 0.638. The summed E-state index contributed by atoms with van der Waals surface area (Å²) in [5.41, 5.74) is 8.26. The van der Waals surface area contributed by atoms with E-state index in [1.165, 1.54) is 62.8 Å². The molecule has 11 heteroatoms. The van der Waals surface area contributed by atoms with Crippen LogP contribution >= 0.6 is 57.1 Å². The van der Waals surface area contributed by atoms with Crippen LogP contribution in [-0.4, -0.2) is 46.1 Å². The number of aromatic nitrogens is 4. The van der Waals surface area contributed by atoms with Gasteiger partial charge in [-0.25, -0.2) is 0 Å². The Balaban J connectivity index is 1.03. The Morgan fingerprint density at radius 1 is 0.510 bits per heavy atom. The summed E-state index contributed by atoms with van der Waals surface area (Å²) in [7, 11) is 4.32. The Kier molecular flexibility index (Phi) is 8.74. The van der Waals surface area contributed by atoms with Gasteiger partial charge in [-0.1, -0.05) is 52.0 Å². The van der Waals surface area contributed by atoms with Gasteiger partial charge in [0.2, 0.25) is 0 Å². The Morgan fingerprint density at radius 3 is 1.22 bits per heavy atom. The minimum absolute atomic E-state index is 0.628. The second-order valence-corrected chi connectivity index (χ2v) is 18.3. The van der Waals surface area contributed by atoms with E-state index < -0.39 is 0 Å². The number of hydrogen-bond acceptors (Lipinski definition) is 11. The van der Waals surface area contributed by atoms with Gasteiger partial charge in [0, 0.05) is 67.1 Å². The molecule has 0 spiro atoms. The van der Waals surface area contributed by atoms with Crippen LogP contribution in [0.25, 0.3) is 71.9 Å². The number of rotatable bonds is 10. The molecule has 6 nitrogen and oxygen atoms in total.